The van der Waals surface area contributed by atoms with Crippen molar-refractivity contribution < 1.29 is 14.3 Å². The number of hydrogen-bond donors (Lipinski definition) is 1. The van der Waals surface area contributed by atoms with Crippen molar-refractivity contribution in [3.8, 4) is 0 Å². The standard InChI is InChI=1S/C14H18N2O4S/c1-4-5-9-15-12(17)10-8(2)11(21-13(10)16-9)14(18)20-7-6-19-3/h4-7H2,1-3H3,(H,15,16,17). The number of aromatic nitrogens is 2. The lowest BCUT2D eigenvalue weighted by molar-refractivity contribution is 0.0393. The quantitative estimate of drug-likeness (QED) is 0.652. The monoisotopic (exact) mass is 310 g/mol. The summed E-state index contributed by atoms with van der Waals surface area (Å²) in [6.07, 6.45) is 1.60. The van der Waals surface area contributed by atoms with Gasteiger partial charge in [0.2, 0.25) is 0 Å². The summed E-state index contributed by atoms with van der Waals surface area (Å²) in [6.45, 7) is 4.29. The molecule has 0 bridgehead atoms. The molecule has 2 aromatic rings. The molecule has 0 atom stereocenters. The molecule has 0 saturated heterocycles. The number of esters is 1. The first-order valence-corrected chi connectivity index (χ1v) is 7.58. The van der Waals surface area contributed by atoms with Crippen LogP contribution in [0.1, 0.15) is 34.4 Å². The van der Waals surface area contributed by atoms with Crippen LogP contribution in [0.4, 0.5) is 0 Å². The first kappa shape index (κ1) is 15.7. The highest BCUT2D eigenvalue weighted by Gasteiger charge is 2.20. The molecule has 0 aromatic carbocycles. The SMILES string of the molecule is CCCc1nc2sc(C(=O)OCCOC)c(C)c2c(=O)[nH]1. The Kier molecular flexibility index (Phi) is 5.08. The van der Waals surface area contributed by atoms with E-state index in [-0.39, 0.29) is 12.2 Å². The molecule has 0 radical (unpaired) electrons. The first-order chi connectivity index (χ1) is 10.1. The van der Waals surface area contributed by atoms with Gasteiger partial charge in [-0.05, 0) is 18.9 Å². The molecule has 0 spiro atoms. The summed E-state index contributed by atoms with van der Waals surface area (Å²) < 4.78 is 9.94. The number of nitrogens with one attached hydrogen (secondary N) is 1. The summed E-state index contributed by atoms with van der Waals surface area (Å²) in [5.41, 5.74) is 0.419. The maximum absolute atomic E-state index is 12.1. The second-order valence-electron chi connectivity index (χ2n) is 4.63. The van der Waals surface area contributed by atoms with Crippen LogP contribution in [0.3, 0.4) is 0 Å². The lowest BCUT2D eigenvalue weighted by Gasteiger charge is -2.02. The third kappa shape index (κ3) is 3.30. The Balaban J connectivity index is 2.38. The first-order valence-electron chi connectivity index (χ1n) is 6.76. The largest absolute Gasteiger partial charge is 0.459 e. The van der Waals surface area contributed by atoms with Crippen LogP contribution in [0.5, 0.6) is 0 Å². The van der Waals surface area contributed by atoms with Gasteiger partial charge in [-0.15, -0.1) is 11.3 Å². The van der Waals surface area contributed by atoms with Gasteiger partial charge in [0.05, 0.1) is 12.0 Å². The third-order valence-electron chi connectivity index (χ3n) is 3.04. The lowest BCUT2D eigenvalue weighted by atomic mass is 10.2. The van der Waals surface area contributed by atoms with Crippen LogP contribution in [0, 0.1) is 6.92 Å². The van der Waals surface area contributed by atoms with E-state index in [2.05, 4.69) is 9.97 Å². The molecule has 1 N–H and O–H groups in total. The average Bonchev–Trinajstić information content (AvgIpc) is 2.77. The van der Waals surface area contributed by atoms with Gasteiger partial charge in [0, 0.05) is 13.5 Å². The smallest absolute Gasteiger partial charge is 0.348 e. The summed E-state index contributed by atoms with van der Waals surface area (Å²) >= 11 is 1.20. The Labute approximate surface area is 126 Å². The molecule has 6 nitrogen and oxygen atoms in total. The fourth-order valence-electron chi connectivity index (χ4n) is 2.02. The molecule has 0 amide bonds. The second kappa shape index (κ2) is 6.82. The van der Waals surface area contributed by atoms with E-state index in [1.807, 2.05) is 6.92 Å². The zero-order valence-electron chi connectivity index (χ0n) is 12.3. The number of nitrogens with zero attached hydrogens (tertiary/aromatic N) is 1. The molecule has 0 fully saturated rings. The fraction of sp³-hybridized carbons (Fsp3) is 0.500. The number of thiophene rings is 1. The van der Waals surface area contributed by atoms with Crippen LogP contribution >= 0.6 is 11.3 Å². The Morgan fingerprint density at radius 2 is 2.14 bits per heavy atom. The Hall–Kier alpha value is -1.73. The van der Waals surface area contributed by atoms with Gasteiger partial charge < -0.3 is 14.5 Å². The third-order valence-corrected chi connectivity index (χ3v) is 4.21. The molecule has 7 heteroatoms. The Morgan fingerprint density at radius 1 is 1.38 bits per heavy atom. The molecular formula is C14H18N2O4S. The number of aromatic amines is 1. The van der Waals surface area contributed by atoms with Crippen LogP contribution in [0.2, 0.25) is 0 Å². The van der Waals surface area contributed by atoms with Crippen molar-refractivity contribution in [2.75, 3.05) is 20.3 Å². The van der Waals surface area contributed by atoms with Gasteiger partial charge in [-0.1, -0.05) is 6.92 Å². The predicted octanol–water partition coefficient (Wildman–Crippen LogP) is 2.05. The molecule has 0 saturated carbocycles. The van der Waals surface area contributed by atoms with Crippen LogP contribution in [-0.2, 0) is 15.9 Å². The summed E-state index contributed by atoms with van der Waals surface area (Å²) in [6, 6.07) is 0. The number of fused-ring (bicyclic) bond motifs is 1. The molecular weight excluding hydrogens is 292 g/mol. The molecule has 0 aliphatic rings. The van der Waals surface area contributed by atoms with E-state index in [0.717, 1.165) is 6.42 Å². The minimum absolute atomic E-state index is 0.188. The van der Waals surface area contributed by atoms with Crippen molar-refractivity contribution in [2.45, 2.75) is 26.7 Å². The molecule has 0 unspecified atom stereocenters. The van der Waals surface area contributed by atoms with E-state index in [9.17, 15) is 9.59 Å². The van der Waals surface area contributed by atoms with Crippen LogP contribution in [0.25, 0.3) is 10.2 Å². The number of hydrogen-bond acceptors (Lipinski definition) is 6. The molecule has 0 aliphatic heterocycles. The highest BCUT2D eigenvalue weighted by Crippen LogP contribution is 2.27. The summed E-state index contributed by atoms with van der Waals surface area (Å²) in [4.78, 5) is 32.3. The van der Waals surface area contributed by atoms with Gasteiger partial charge >= 0.3 is 5.97 Å². The summed E-state index contributed by atoms with van der Waals surface area (Å²) in [5.74, 6) is 0.208. The van der Waals surface area contributed by atoms with Gasteiger partial charge in [-0.2, -0.15) is 0 Å². The van der Waals surface area contributed by atoms with E-state index in [1.165, 1.54) is 18.4 Å². The van der Waals surface area contributed by atoms with Crippen molar-refractivity contribution >= 4 is 27.5 Å². The maximum atomic E-state index is 12.1. The second-order valence-corrected chi connectivity index (χ2v) is 5.63. The van der Waals surface area contributed by atoms with Crippen LogP contribution in [-0.4, -0.2) is 36.3 Å². The summed E-state index contributed by atoms with van der Waals surface area (Å²) in [7, 11) is 1.54. The predicted molar refractivity (Wildman–Crippen MR) is 81.1 cm³/mol. The number of carbonyl (C=O) groups excluding carboxylic acids is 1. The van der Waals surface area contributed by atoms with E-state index >= 15 is 0 Å². The van der Waals surface area contributed by atoms with Crippen molar-refractivity contribution in [3.63, 3.8) is 0 Å². The average molecular weight is 310 g/mol. The topological polar surface area (TPSA) is 81.3 Å². The molecule has 2 heterocycles. The minimum Gasteiger partial charge on any atom is -0.459 e. The number of ether oxygens (including phenoxy) is 2. The number of rotatable bonds is 6. The van der Waals surface area contributed by atoms with Crippen molar-refractivity contribution in [2.24, 2.45) is 0 Å². The van der Waals surface area contributed by atoms with E-state index in [4.69, 9.17) is 9.47 Å². The Bertz CT molecular complexity index is 705. The lowest BCUT2D eigenvalue weighted by Crippen LogP contribution is -2.12. The normalized spacial score (nSPS) is 11.0. The highest BCUT2D eigenvalue weighted by molar-refractivity contribution is 7.20. The number of aryl methyl sites for hydroxylation is 2. The van der Waals surface area contributed by atoms with Gasteiger partial charge in [-0.25, -0.2) is 9.78 Å². The highest BCUT2D eigenvalue weighted by atomic mass is 32.1. The minimum atomic E-state index is -0.441. The van der Waals surface area contributed by atoms with E-state index < -0.39 is 5.97 Å². The number of methoxy groups -OCH3 is 1. The fourth-order valence-corrected chi connectivity index (χ4v) is 3.12. The number of H-pyrrole nitrogens is 1. The summed E-state index contributed by atoms with van der Waals surface area (Å²) in [5, 5.41) is 0.471. The van der Waals surface area contributed by atoms with Crippen LogP contribution < -0.4 is 5.56 Å². The molecule has 2 aromatic heterocycles. The molecule has 114 valence electrons. The molecule has 21 heavy (non-hydrogen) atoms. The molecule has 2 rings (SSSR count). The van der Waals surface area contributed by atoms with E-state index in [0.29, 0.717) is 39.5 Å². The van der Waals surface area contributed by atoms with Gasteiger partial charge in [0.25, 0.3) is 5.56 Å². The Morgan fingerprint density at radius 3 is 2.81 bits per heavy atom. The molecule has 0 aliphatic carbocycles. The zero-order chi connectivity index (χ0) is 15.4. The van der Waals surface area contributed by atoms with Crippen LogP contribution in [0.15, 0.2) is 4.79 Å². The van der Waals surface area contributed by atoms with Crippen molar-refractivity contribution in [3.05, 3.63) is 26.6 Å². The van der Waals surface area contributed by atoms with Crippen molar-refractivity contribution in [1.29, 1.82) is 0 Å². The van der Waals surface area contributed by atoms with Gasteiger partial charge in [0.1, 0.15) is 22.1 Å². The maximum Gasteiger partial charge on any atom is 0.348 e. The zero-order valence-corrected chi connectivity index (χ0v) is 13.1. The number of carbonyl (C=O) groups is 1. The van der Waals surface area contributed by atoms with Crippen molar-refractivity contribution in [1.82, 2.24) is 9.97 Å². The van der Waals surface area contributed by atoms with E-state index in [1.54, 1.807) is 6.92 Å². The van der Waals surface area contributed by atoms with Gasteiger partial charge in [-0.3, -0.25) is 4.79 Å². The van der Waals surface area contributed by atoms with Gasteiger partial charge in [0.15, 0.2) is 0 Å².